The fourth-order valence-electron chi connectivity index (χ4n) is 2.97. The van der Waals surface area contributed by atoms with Crippen molar-refractivity contribution >= 4 is 11.5 Å². The first kappa shape index (κ1) is 24.6. The van der Waals surface area contributed by atoms with Gasteiger partial charge in [0.2, 0.25) is 0 Å². The first-order valence-electron chi connectivity index (χ1n) is 10.1. The summed E-state index contributed by atoms with van der Waals surface area (Å²) < 4.78 is 5.08. The summed E-state index contributed by atoms with van der Waals surface area (Å²) in [6.07, 6.45) is 2.14. The maximum Gasteiger partial charge on any atom is 0.118 e. The van der Waals surface area contributed by atoms with E-state index in [4.69, 9.17) is 9.84 Å². The number of aliphatic hydroxyl groups excluding tert-OH is 1. The number of hydrogen-bond acceptors (Lipinski definition) is 2. The number of methoxy groups -OCH3 is 1. The van der Waals surface area contributed by atoms with E-state index in [1.54, 1.807) is 7.11 Å². The average Bonchev–Trinajstić information content (AvgIpc) is 2.60. The van der Waals surface area contributed by atoms with Crippen LogP contribution in [-0.4, -0.2) is 12.2 Å². The summed E-state index contributed by atoms with van der Waals surface area (Å²) in [5, 5.41) is 9.15. The van der Waals surface area contributed by atoms with Gasteiger partial charge in [0.05, 0.1) is 7.11 Å². The van der Waals surface area contributed by atoms with Crippen LogP contribution in [0.3, 0.4) is 0 Å². The molecule has 2 rings (SSSR count). The molecule has 0 saturated carbocycles. The van der Waals surface area contributed by atoms with Gasteiger partial charge in [-0.15, -0.1) is 0 Å². The van der Waals surface area contributed by atoms with E-state index in [-0.39, 0.29) is 5.76 Å². The van der Waals surface area contributed by atoms with E-state index in [2.05, 4.69) is 79.0 Å². The van der Waals surface area contributed by atoms with Gasteiger partial charge < -0.3 is 9.84 Å². The van der Waals surface area contributed by atoms with E-state index in [1.807, 2.05) is 24.3 Å². The standard InChI is InChI=1S/C14H20O.C13H18O/c1-11(15-5)13-8-6-12(7-9-13)10-14(2,3)4;1-10(14)12-7-5-11(6-8-12)9-13(2,3)4/h6-9H,1,10H2,2-5H3;5-8,14H,1,9H2,2-4H3. The van der Waals surface area contributed by atoms with Crippen LogP contribution in [0, 0.1) is 10.8 Å². The van der Waals surface area contributed by atoms with Crippen LogP contribution in [0.1, 0.15) is 63.8 Å². The van der Waals surface area contributed by atoms with E-state index in [1.165, 1.54) is 11.1 Å². The molecule has 0 saturated heterocycles. The van der Waals surface area contributed by atoms with Crippen LogP contribution in [-0.2, 0) is 17.6 Å². The fraction of sp³-hybridized carbons (Fsp3) is 0.407. The lowest BCUT2D eigenvalue weighted by molar-refractivity contribution is 0.371. The van der Waals surface area contributed by atoms with Gasteiger partial charge in [0.25, 0.3) is 0 Å². The van der Waals surface area contributed by atoms with Crippen molar-refractivity contribution in [1.29, 1.82) is 0 Å². The summed E-state index contributed by atoms with van der Waals surface area (Å²) >= 11 is 0. The monoisotopic (exact) mass is 394 g/mol. The fourth-order valence-corrected chi connectivity index (χ4v) is 2.97. The Balaban J connectivity index is 0.000000291. The molecule has 0 fully saturated rings. The molecular formula is C27H38O2. The molecule has 2 aromatic carbocycles. The van der Waals surface area contributed by atoms with Crippen molar-refractivity contribution in [1.82, 2.24) is 0 Å². The Morgan fingerprint density at radius 3 is 1.34 bits per heavy atom. The zero-order valence-electron chi connectivity index (χ0n) is 19.3. The second kappa shape index (κ2) is 10.3. The molecule has 0 aromatic heterocycles. The van der Waals surface area contributed by atoms with Crippen LogP contribution in [0.2, 0.25) is 0 Å². The number of benzene rings is 2. The minimum absolute atomic E-state index is 0.132. The van der Waals surface area contributed by atoms with Gasteiger partial charge in [-0.2, -0.15) is 0 Å². The molecule has 2 aromatic rings. The highest BCUT2D eigenvalue weighted by Crippen LogP contribution is 2.22. The molecule has 0 aliphatic carbocycles. The van der Waals surface area contributed by atoms with E-state index >= 15 is 0 Å². The molecule has 0 heterocycles. The maximum atomic E-state index is 9.15. The predicted molar refractivity (Wildman–Crippen MR) is 127 cm³/mol. The topological polar surface area (TPSA) is 29.5 Å². The summed E-state index contributed by atoms with van der Waals surface area (Å²) in [7, 11) is 1.64. The highest BCUT2D eigenvalue weighted by molar-refractivity contribution is 5.57. The Kier molecular flexibility index (Phi) is 8.76. The Morgan fingerprint density at radius 1 is 0.724 bits per heavy atom. The minimum atomic E-state index is 0.132. The molecular weight excluding hydrogens is 356 g/mol. The number of ether oxygens (including phenoxy) is 1. The van der Waals surface area contributed by atoms with Gasteiger partial charge in [-0.3, -0.25) is 0 Å². The quantitative estimate of drug-likeness (QED) is 0.526. The molecule has 29 heavy (non-hydrogen) atoms. The molecule has 0 bridgehead atoms. The van der Waals surface area contributed by atoms with E-state index < -0.39 is 0 Å². The normalized spacial score (nSPS) is 11.3. The van der Waals surface area contributed by atoms with Crippen molar-refractivity contribution < 1.29 is 9.84 Å². The second-order valence-electron chi connectivity index (χ2n) is 9.94. The summed E-state index contributed by atoms with van der Waals surface area (Å²) in [5.41, 5.74) is 5.13. The number of aliphatic hydroxyl groups is 1. The second-order valence-corrected chi connectivity index (χ2v) is 9.94. The number of rotatable bonds is 5. The van der Waals surface area contributed by atoms with Crippen LogP contribution in [0.4, 0.5) is 0 Å². The Morgan fingerprint density at radius 2 is 1.07 bits per heavy atom. The minimum Gasteiger partial charge on any atom is -0.508 e. The summed E-state index contributed by atoms with van der Waals surface area (Å²) in [4.78, 5) is 0. The third-order valence-corrected chi connectivity index (χ3v) is 4.28. The molecule has 0 atom stereocenters. The van der Waals surface area contributed by atoms with E-state index in [0.717, 1.165) is 29.7 Å². The molecule has 158 valence electrons. The van der Waals surface area contributed by atoms with Crippen molar-refractivity contribution in [2.75, 3.05) is 7.11 Å². The molecule has 0 aliphatic heterocycles. The van der Waals surface area contributed by atoms with Crippen LogP contribution < -0.4 is 0 Å². The van der Waals surface area contributed by atoms with Crippen LogP contribution in [0.5, 0.6) is 0 Å². The van der Waals surface area contributed by atoms with Crippen molar-refractivity contribution in [3.8, 4) is 0 Å². The van der Waals surface area contributed by atoms with Crippen molar-refractivity contribution in [2.45, 2.75) is 54.4 Å². The molecule has 2 heteroatoms. The lowest BCUT2D eigenvalue weighted by atomic mass is 9.88. The molecule has 1 N–H and O–H groups in total. The van der Waals surface area contributed by atoms with Gasteiger partial charge in [0.15, 0.2) is 0 Å². The van der Waals surface area contributed by atoms with Gasteiger partial charge in [-0.25, -0.2) is 0 Å². The van der Waals surface area contributed by atoms with Crippen molar-refractivity contribution in [3.05, 3.63) is 83.9 Å². The molecule has 0 aliphatic rings. The number of hydrogen-bond donors (Lipinski definition) is 1. The summed E-state index contributed by atoms with van der Waals surface area (Å²) in [6.45, 7) is 20.7. The van der Waals surface area contributed by atoms with Gasteiger partial charge >= 0.3 is 0 Å². The van der Waals surface area contributed by atoms with Gasteiger partial charge in [0.1, 0.15) is 11.5 Å². The molecule has 2 nitrogen and oxygen atoms in total. The van der Waals surface area contributed by atoms with Crippen LogP contribution >= 0.6 is 0 Å². The Hall–Kier alpha value is -2.48. The summed E-state index contributed by atoms with van der Waals surface area (Å²) in [5.74, 6) is 0.851. The van der Waals surface area contributed by atoms with Crippen LogP contribution in [0.25, 0.3) is 11.5 Å². The van der Waals surface area contributed by atoms with E-state index in [9.17, 15) is 0 Å². The SMILES string of the molecule is C=C(O)c1ccc(CC(C)(C)C)cc1.C=C(OC)c1ccc(CC(C)(C)C)cc1. The third-order valence-electron chi connectivity index (χ3n) is 4.28. The zero-order valence-corrected chi connectivity index (χ0v) is 19.3. The zero-order chi connectivity index (χ0) is 22.2. The van der Waals surface area contributed by atoms with Gasteiger partial charge in [-0.1, -0.05) is 103 Å². The molecule has 0 radical (unpaired) electrons. The predicted octanol–water partition coefficient (Wildman–Crippen LogP) is 7.70. The lowest BCUT2D eigenvalue weighted by Crippen LogP contribution is -2.08. The Labute approximate surface area is 177 Å². The molecule has 0 spiro atoms. The maximum absolute atomic E-state index is 9.15. The lowest BCUT2D eigenvalue weighted by Gasteiger charge is -2.18. The highest BCUT2D eigenvalue weighted by Gasteiger charge is 2.11. The average molecular weight is 395 g/mol. The smallest absolute Gasteiger partial charge is 0.118 e. The largest absolute Gasteiger partial charge is 0.508 e. The van der Waals surface area contributed by atoms with Crippen LogP contribution in [0.15, 0.2) is 61.7 Å². The Bertz CT molecular complexity index is 782. The third kappa shape index (κ3) is 10.0. The molecule has 0 amide bonds. The highest BCUT2D eigenvalue weighted by atomic mass is 16.5. The molecule has 0 unspecified atom stereocenters. The van der Waals surface area contributed by atoms with Crippen molar-refractivity contribution in [2.24, 2.45) is 10.8 Å². The van der Waals surface area contributed by atoms with E-state index in [0.29, 0.717) is 10.8 Å². The first-order chi connectivity index (χ1) is 13.3. The van der Waals surface area contributed by atoms with Crippen molar-refractivity contribution in [3.63, 3.8) is 0 Å². The summed E-state index contributed by atoms with van der Waals surface area (Å²) in [6, 6.07) is 16.3. The van der Waals surface area contributed by atoms with Gasteiger partial charge in [-0.05, 0) is 34.8 Å². The van der Waals surface area contributed by atoms with Gasteiger partial charge in [0, 0.05) is 11.1 Å². The first-order valence-corrected chi connectivity index (χ1v) is 10.1.